The van der Waals surface area contributed by atoms with Gasteiger partial charge in [0.2, 0.25) is 5.13 Å². The van der Waals surface area contributed by atoms with E-state index in [0.717, 1.165) is 34.1 Å². The summed E-state index contributed by atoms with van der Waals surface area (Å²) < 4.78 is 11.5. The van der Waals surface area contributed by atoms with Crippen molar-refractivity contribution >= 4 is 22.5 Å². The van der Waals surface area contributed by atoms with E-state index in [2.05, 4.69) is 20.8 Å². The van der Waals surface area contributed by atoms with E-state index in [9.17, 15) is 4.79 Å². The minimum absolute atomic E-state index is 0.168. The second-order valence-corrected chi connectivity index (χ2v) is 6.75. The number of benzene rings is 1. The van der Waals surface area contributed by atoms with E-state index in [4.69, 9.17) is 9.47 Å². The van der Waals surface area contributed by atoms with Crippen LogP contribution in [-0.2, 0) is 13.0 Å². The van der Waals surface area contributed by atoms with Gasteiger partial charge in [-0.1, -0.05) is 11.3 Å². The van der Waals surface area contributed by atoms with Crippen molar-refractivity contribution < 1.29 is 14.3 Å². The largest absolute Gasteiger partial charge is 0.494 e. The molecule has 7 nitrogen and oxygen atoms in total. The topological polar surface area (TPSA) is 85.4 Å². The standard InChI is InChI=1S/C16H20N4O3S/c1-4-22-13-6-11-5-9(2)23-14(11)7-12(13)8-17-15(21)18-16-20-19-10(3)24-16/h6-7,9H,4-5,8H2,1-3H3,(H2,17,18,20,21)/t9-/m0/s1. The molecule has 0 bridgehead atoms. The van der Waals surface area contributed by atoms with Crippen LogP contribution in [0.4, 0.5) is 9.93 Å². The van der Waals surface area contributed by atoms with Crippen molar-refractivity contribution in [2.45, 2.75) is 39.8 Å². The van der Waals surface area contributed by atoms with Crippen LogP contribution in [0.15, 0.2) is 12.1 Å². The normalized spacial score (nSPS) is 15.5. The number of aryl methyl sites for hydroxylation is 1. The maximum Gasteiger partial charge on any atom is 0.321 e. The zero-order valence-corrected chi connectivity index (χ0v) is 14.7. The first-order chi connectivity index (χ1) is 11.5. The van der Waals surface area contributed by atoms with Gasteiger partial charge in [-0.15, -0.1) is 10.2 Å². The van der Waals surface area contributed by atoms with Crippen LogP contribution in [0.25, 0.3) is 0 Å². The smallest absolute Gasteiger partial charge is 0.321 e. The van der Waals surface area contributed by atoms with Crippen LogP contribution in [0.5, 0.6) is 11.5 Å². The van der Waals surface area contributed by atoms with Crippen molar-refractivity contribution in [1.29, 1.82) is 0 Å². The molecule has 2 aromatic rings. The molecule has 0 aliphatic carbocycles. The summed E-state index contributed by atoms with van der Waals surface area (Å²) in [5.74, 6) is 1.64. The van der Waals surface area contributed by atoms with E-state index < -0.39 is 0 Å². The molecule has 0 saturated heterocycles. The van der Waals surface area contributed by atoms with E-state index in [1.807, 2.05) is 32.9 Å². The van der Waals surface area contributed by atoms with Gasteiger partial charge in [-0.3, -0.25) is 5.32 Å². The van der Waals surface area contributed by atoms with Crippen LogP contribution < -0.4 is 20.1 Å². The highest BCUT2D eigenvalue weighted by molar-refractivity contribution is 7.15. The molecule has 0 unspecified atom stereocenters. The summed E-state index contributed by atoms with van der Waals surface area (Å²) in [7, 11) is 0. The second kappa shape index (κ2) is 7.04. The number of ether oxygens (including phenoxy) is 2. The Hall–Kier alpha value is -2.35. The van der Waals surface area contributed by atoms with Gasteiger partial charge in [0.15, 0.2) is 0 Å². The van der Waals surface area contributed by atoms with Crippen LogP contribution >= 0.6 is 11.3 Å². The monoisotopic (exact) mass is 348 g/mol. The van der Waals surface area contributed by atoms with Gasteiger partial charge in [0.25, 0.3) is 0 Å². The molecule has 1 aromatic carbocycles. The van der Waals surface area contributed by atoms with Crippen LogP contribution in [0, 0.1) is 6.92 Å². The Labute approximate surface area is 144 Å². The van der Waals surface area contributed by atoms with Crippen molar-refractivity contribution in [3.8, 4) is 11.5 Å². The van der Waals surface area contributed by atoms with E-state index in [1.54, 1.807) is 0 Å². The molecular weight excluding hydrogens is 328 g/mol. The van der Waals surface area contributed by atoms with Crippen molar-refractivity contribution in [2.75, 3.05) is 11.9 Å². The Morgan fingerprint density at radius 2 is 2.29 bits per heavy atom. The fraction of sp³-hybridized carbons (Fsp3) is 0.438. The number of carbonyl (C=O) groups excluding carboxylic acids is 1. The van der Waals surface area contributed by atoms with Gasteiger partial charge in [-0.25, -0.2) is 4.79 Å². The van der Waals surface area contributed by atoms with Gasteiger partial charge >= 0.3 is 6.03 Å². The lowest BCUT2D eigenvalue weighted by Crippen LogP contribution is -2.28. The molecule has 2 amide bonds. The van der Waals surface area contributed by atoms with Crippen LogP contribution in [0.1, 0.15) is 30.0 Å². The van der Waals surface area contributed by atoms with E-state index in [-0.39, 0.29) is 12.1 Å². The Bertz CT molecular complexity index is 747. The lowest BCUT2D eigenvalue weighted by Gasteiger charge is -2.13. The van der Waals surface area contributed by atoms with E-state index in [0.29, 0.717) is 18.3 Å². The Morgan fingerprint density at radius 3 is 3.00 bits per heavy atom. The van der Waals surface area contributed by atoms with Gasteiger partial charge in [-0.2, -0.15) is 0 Å². The molecule has 0 spiro atoms. The molecule has 128 valence electrons. The minimum Gasteiger partial charge on any atom is -0.494 e. The summed E-state index contributed by atoms with van der Waals surface area (Å²) in [5, 5.41) is 14.5. The first-order valence-electron chi connectivity index (χ1n) is 7.85. The number of nitrogens with zero attached hydrogens (tertiary/aromatic N) is 2. The Kier molecular flexibility index (Phi) is 4.84. The molecule has 1 atom stereocenters. The minimum atomic E-state index is -0.330. The third kappa shape index (κ3) is 3.76. The molecular formula is C16H20N4O3S. The zero-order valence-electron chi connectivity index (χ0n) is 13.9. The summed E-state index contributed by atoms with van der Waals surface area (Å²) >= 11 is 1.33. The zero-order chi connectivity index (χ0) is 17.1. The summed E-state index contributed by atoms with van der Waals surface area (Å²) in [6.07, 6.45) is 1.04. The number of amides is 2. The first-order valence-corrected chi connectivity index (χ1v) is 8.67. The predicted molar refractivity (Wildman–Crippen MR) is 91.9 cm³/mol. The third-order valence-electron chi connectivity index (χ3n) is 3.56. The lowest BCUT2D eigenvalue weighted by atomic mass is 10.1. The molecule has 2 heterocycles. The van der Waals surface area contributed by atoms with Crippen LogP contribution in [0.2, 0.25) is 0 Å². The summed E-state index contributed by atoms with van der Waals surface area (Å²) in [6, 6.07) is 3.62. The number of carbonyl (C=O) groups is 1. The highest BCUT2D eigenvalue weighted by Crippen LogP contribution is 2.35. The highest BCUT2D eigenvalue weighted by atomic mass is 32.1. The maximum atomic E-state index is 12.0. The summed E-state index contributed by atoms with van der Waals surface area (Å²) in [4.78, 5) is 12.0. The molecule has 2 N–H and O–H groups in total. The van der Waals surface area contributed by atoms with Crippen LogP contribution in [-0.4, -0.2) is 28.9 Å². The SMILES string of the molecule is CCOc1cc2c(cc1CNC(=O)Nc1nnc(C)s1)O[C@@H](C)C2. The summed E-state index contributed by atoms with van der Waals surface area (Å²) in [5.41, 5.74) is 2.02. The van der Waals surface area contributed by atoms with Gasteiger partial charge in [0, 0.05) is 24.1 Å². The molecule has 1 aliphatic heterocycles. The quantitative estimate of drug-likeness (QED) is 0.868. The number of fused-ring (bicyclic) bond motifs is 1. The van der Waals surface area contributed by atoms with E-state index >= 15 is 0 Å². The molecule has 8 heteroatoms. The van der Waals surface area contributed by atoms with E-state index in [1.165, 1.54) is 11.3 Å². The molecule has 24 heavy (non-hydrogen) atoms. The highest BCUT2D eigenvalue weighted by Gasteiger charge is 2.22. The number of hydrogen-bond acceptors (Lipinski definition) is 6. The molecule has 0 saturated carbocycles. The van der Waals surface area contributed by atoms with Crippen molar-refractivity contribution in [1.82, 2.24) is 15.5 Å². The van der Waals surface area contributed by atoms with Crippen LogP contribution in [0.3, 0.4) is 0 Å². The molecule has 1 aromatic heterocycles. The predicted octanol–water partition coefficient (Wildman–Crippen LogP) is 2.89. The average Bonchev–Trinajstić information content (AvgIpc) is 3.09. The number of urea groups is 1. The maximum absolute atomic E-state index is 12.0. The fourth-order valence-electron chi connectivity index (χ4n) is 2.57. The second-order valence-electron chi connectivity index (χ2n) is 5.57. The van der Waals surface area contributed by atoms with Gasteiger partial charge in [0.05, 0.1) is 6.61 Å². The van der Waals surface area contributed by atoms with Gasteiger partial charge in [-0.05, 0) is 32.9 Å². The number of aromatic nitrogens is 2. The Morgan fingerprint density at radius 1 is 1.46 bits per heavy atom. The first kappa shape index (κ1) is 16.5. The molecule has 0 radical (unpaired) electrons. The molecule has 0 fully saturated rings. The van der Waals surface area contributed by atoms with Gasteiger partial charge in [0.1, 0.15) is 22.6 Å². The van der Waals surface area contributed by atoms with Crippen molar-refractivity contribution in [3.05, 3.63) is 28.3 Å². The Balaban J connectivity index is 1.67. The number of hydrogen-bond donors (Lipinski definition) is 2. The molecule has 1 aliphatic rings. The number of nitrogens with one attached hydrogen (secondary N) is 2. The van der Waals surface area contributed by atoms with Crippen molar-refractivity contribution in [2.24, 2.45) is 0 Å². The number of anilines is 1. The van der Waals surface area contributed by atoms with Crippen molar-refractivity contribution in [3.63, 3.8) is 0 Å². The number of rotatable bonds is 5. The third-order valence-corrected chi connectivity index (χ3v) is 4.32. The fourth-order valence-corrected chi connectivity index (χ4v) is 3.16. The summed E-state index contributed by atoms with van der Waals surface area (Å²) in [6.45, 7) is 6.72. The van der Waals surface area contributed by atoms with Gasteiger partial charge < -0.3 is 14.8 Å². The lowest BCUT2D eigenvalue weighted by molar-refractivity contribution is 0.250. The molecule has 3 rings (SSSR count). The average molecular weight is 348 g/mol.